The van der Waals surface area contributed by atoms with Gasteiger partial charge in [0.05, 0.1) is 12.1 Å². The van der Waals surface area contributed by atoms with Gasteiger partial charge in [0, 0.05) is 18.6 Å². The van der Waals surface area contributed by atoms with Crippen LogP contribution in [0.2, 0.25) is 0 Å². The van der Waals surface area contributed by atoms with Crippen molar-refractivity contribution in [1.29, 1.82) is 0 Å². The SMILES string of the molecule is CC[C@@H](NC(=O)[C@@H]1C[C@H](NC2CCC(C3CCCCC3)CC2)CN1C(=O)[C@@H](NC(=O)[C@H](C)NC)C(C)(C)C)c1ccccc1. The van der Waals surface area contributed by atoms with Crippen LogP contribution in [0.3, 0.4) is 0 Å². The van der Waals surface area contributed by atoms with Crippen molar-refractivity contribution in [2.75, 3.05) is 13.6 Å². The second-order valence-electron chi connectivity index (χ2n) is 14.8. The zero-order valence-electron chi connectivity index (χ0n) is 28.2. The summed E-state index contributed by atoms with van der Waals surface area (Å²) in [5.41, 5.74) is 0.532. The van der Waals surface area contributed by atoms with E-state index in [1.54, 1.807) is 18.9 Å². The smallest absolute Gasteiger partial charge is 0.246 e. The van der Waals surface area contributed by atoms with Crippen molar-refractivity contribution >= 4 is 17.7 Å². The number of amides is 3. The Morgan fingerprint density at radius 1 is 0.886 bits per heavy atom. The second kappa shape index (κ2) is 15.7. The highest BCUT2D eigenvalue weighted by molar-refractivity contribution is 5.94. The molecule has 246 valence electrons. The maximum absolute atomic E-state index is 14.3. The highest BCUT2D eigenvalue weighted by Gasteiger charge is 2.46. The Morgan fingerprint density at radius 2 is 1.52 bits per heavy atom. The predicted octanol–water partition coefficient (Wildman–Crippen LogP) is 5.09. The normalized spacial score (nSPS) is 26.9. The lowest BCUT2D eigenvalue weighted by molar-refractivity contribution is -0.144. The third-order valence-corrected chi connectivity index (χ3v) is 10.6. The minimum atomic E-state index is -0.748. The van der Waals surface area contributed by atoms with E-state index in [1.165, 1.54) is 44.9 Å². The molecule has 0 aromatic heterocycles. The van der Waals surface area contributed by atoms with Crippen molar-refractivity contribution in [3.63, 3.8) is 0 Å². The zero-order chi connectivity index (χ0) is 31.9. The molecule has 4 rings (SSSR count). The van der Waals surface area contributed by atoms with E-state index in [1.807, 2.05) is 51.1 Å². The monoisotopic (exact) mass is 609 g/mol. The van der Waals surface area contributed by atoms with E-state index >= 15 is 0 Å². The molecule has 1 saturated heterocycles. The third-order valence-electron chi connectivity index (χ3n) is 10.6. The molecule has 2 saturated carbocycles. The van der Waals surface area contributed by atoms with E-state index < -0.39 is 23.5 Å². The Kier molecular flexibility index (Phi) is 12.3. The van der Waals surface area contributed by atoms with Crippen molar-refractivity contribution in [3.05, 3.63) is 35.9 Å². The highest BCUT2D eigenvalue weighted by atomic mass is 16.2. The van der Waals surface area contributed by atoms with Crippen LogP contribution in [0.5, 0.6) is 0 Å². The van der Waals surface area contributed by atoms with Crippen LogP contribution >= 0.6 is 0 Å². The van der Waals surface area contributed by atoms with Crippen molar-refractivity contribution in [3.8, 4) is 0 Å². The van der Waals surface area contributed by atoms with Gasteiger partial charge in [-0.05, 0) is 75.3 Å². The molecule has 0 radical (unpaired) electrons. The number of benzene rings is 1. The van der Waals surface area contributed by atoms with Gasteiger partial charge in [0.1, 0.15) is 12.1 Å². The lowest BCUT2D eigenvalue weighted by Crippen LogP contribution is -2.59. The van der Waals surface area contributed by atoms with Gasteiger partial charge in [-0.1, -0.05) is 90.1 Å². The van der Waals surface area contributed by atoms with Crippen molar-refractivity contribution in [1.82, 2.24) is 26.2 Å². The summed E-state index contributed by atoms with van der Waals surface area (Å²) in [7, 11) is 1.73. The fourth-order valence-corrected chi connectivity index (χ4v) is 7.73. The van der Waals surface area contributed by atoms with E-state index in [0.29, 0.717) is 19.0 Å². The lowest BCUT2D eigenvalue weighted by atomic mass is 9.72. The van der Waals surface area contributed by atoms with Gasteiger partial charge in [0.15, 0.2) is 0 Å². The minimum absolute atomic E-state index is 0.0373. The van der Waals surface area contributed by atoms with Gasteiger partial charge in [0.25, 0.3) is 0 Å². The summed E-state index contributed by atoms with van der Waals surface area (Å²) in [5.74, 6) is 1.23. The first kappa shape index (κ1) is 34.4. The topological polar surface area (TPSA) is 103 Å². The molecule has 1 heterocycles. The molecule has 8 heteroatoms. The second-order valence-corrected chi connectivity index (χ2v) is 14.8. The summed E-state index contributed by atoms with van der Waals surface area (Å²) in [5, 5.41) is 13.1. The van der Waals surface area contributed by atoms with Crippen LogP contribution in [0.4, 0.5) is 0 Å². The number of nitrogens with one attached hydrogen (secondary N) is 4. The molecule has 3 aliphatic rings. The molecule has 0 spiro atoms. The molecule has 0 bridgehead atoms. The maximum atomic E-state index is 14.3. The molecule has 3 amide bonds. The Labute approximate surface area is 266 Å². The largest absolute Gasteiger partial charge is 0.348 e. The molecule has 5 atom stereocenters. The minimum Gasteiger partial charge on any atom is -0.348 e. The average molecular weight is 610 g/mol. The molecule has 2 aliphatic carbocycles. The van der Waals surface area contributed by atoms with Gasteiger partial charge >= 0.3 is 0 Å². The summed E-state index contributed by atoms with van der Waals surface area (Å²) in [6.07, 6.45) is 13.2. The Hall–Kier alpha value is -2.45. The zero-order valence-corrected chi connectivity index (χ0v) is 28.2. The number of likely N-dealkylation sites (N-methyl/N-ethyl adjacent to an activating group) is 1. The standard InChI is InChI=1S/C36H59N5O3/c1-7-30(27-16-12-9-13-17-27)39-34(43)31-22-29(38-28-20-18-26(19-21-28)25-14-10-8-11-15-25)23-41(31)35(44)32(36(3,4)5)40-33(42)24(2)37-6/h9,12-13,16-17,24-26,28-32,37-38H,7-8,10-11,14-15,18-23H2,1-6H3,(H,39,43)(H,40,42)/t24-,26?,28?,29-,30+,31-,32+/m0/s1. The Bertz CT molecular complexity index is 1070. The molecule has 8 nitrogen and oxygen atoms in total. The number of carbonyl (C=O) groups is 3. The van der Waals surface area contributed by atoms with Crippen molar-refractivity contribution in [2.45, 2.75) is 141 Å². The van der Waals surface area contributed by atoms with Gasteiger partial charge in [-0.3, -0.25) is 14.4 Å². The van der Waals surface area contributed by atoms with Crippen LogP contribution in [-0.2, 0) is 14.4 Å². The van der Waals surface area contributed by atoms with E-state index in [2.05, 4.69) is 28.2 Å². The van der Waals surface area contributed by atoms with Crippen LogP contribution in [0, 0.1) is 17.3 Å². The van der Waals surface area contributed by atoms with Crippen LogP contribution in [0.1, 0.15) is 117 Å². The van der Waals surface area contributed by atoms with E-state index in [4.69, 9.17) is 0 Å². The number of likely N-dealkylation sites (tertiary alicyclic amines) is 1. The Morgan fingerprint density at radius 3 is 2.11 bits per heavy atom. The summed E-state index contributed by atoms with van der Waals surface area (Å²) >= 11 is 0. The first-order valence-corrected chi connectivity index (χ1v) is 17.4. The fourth-order valence-electron chi connectivity index (χ4n) is 7.73. The summed E-state index contributed by atoms with van der Waals surface area (Å²) in [6.45, 7) is 10.2. The summed E-state index contributed by atoms with van der Waals surface area (Å²) in [4.78, 5) is 43.0. The molecule has 1 aliphatic heterocycles. The number of nitrogens with zero attached hydrogens (tertiary/aromatic N) is 1. The number of carbonyl (C=O) groups excluding carboxylic acids is 3. The van der Waals surface area contributed by atoms with Crippen molar-refractivity contribution < 1.29 is 14.4 Å². The molecule has 44 heavy (non-hydrogen) atoms. The predicted molar refractivity (Wildman–Crippen MR) is 177 cm³/mol. The number of hydrogen-bond acceptors (Lipinski definition) is 5. The maximum Gasteiger partial charge on any atom is 0.246 e. The lowest BCUT2D eigenvalue weighted by Gasteiger charge is -2.37. The summed E-state index contributed by atoms with van der Waals surface area (Å²) in [6, 6.07) is 8.57. The van der Waals surface area contributed by atoms with E-state index in [9.17, 15) is 14.4 Å². The van der Waals surface area contributed by atoms with Gasteiger partial charge < -0.3 is 26.2 Å². The molecule has 4 N–H and O–H groups in total. The quantitative estimate of drug-likeness (QED) is 0.280. The van der Waals surface area contributed by atoms with Crippen LogP contribution in [0.25, 0.3) is 0 Å². The average Bonchev–Trinajstić information content (AvgIpc) is 3.46. The Balaban J connectivity index is 1.49. The molecular formula is C36H59N5O3. The van der Waals surface area contributed by atoms with E-state index in [0.717, 1.165) is 36.7 Å². The van der Waals surface area contributed by atoms with Gasteiger partial charge in [-0.15, -0.1) is 0 Å². The van der Waals surface area contributed by atoms with Gasteiger partial charge in [-0.25, -0.2) is 0 Å². The molecule has 0 unspecified atom stereocenters. The first-order valence-electron chi connectivity index (χ1n) is 17.4. The molecule has 1 aromatic carbocycles. The molecule has 3 fully saturated rings. The van der Waals surface area contributed by atoms with Gasteiger partial charge in [0.2, 0.25) is 17.7 Å². The molecular weight excluding hydrogens is 550 g/mol. The molecule has 1 aromatic rings. The van der Waals surface area contributed by atoms with Crippen molar-refractivity contribution in [2.24, 2.45) is 17.3 Å². The van der Waals surface area contributed by atoms with E-state index in [-0.39, 0.29) is 29.8 Å². The number of hydrogen-bond donors (Lipinski definition) is 4. The summed E-state index contributed by atoms with van der Waals surface area (Å²) < 4.78 is 0. The van der Waals surface area contributed by atoms with Crippen LogP contribution in [0.15, 0.2) is 30.3 Å². The highest BCUT2D eigenvalue weighted by Crippen LogP contribution is 2.38. The van der Waals surface area contributed by atoms with Gasteiger partial charge in [-0.2, -0.15) is 0 Å². The third kappa shape index (κ3) is 8.84. The first-order chi connectivity index (χ1) is 21.0. The van der Waals surface area contributed by atoms with Crippen LogP contribution in [-0.4, -0.2) is 66.4 Å². The number of rotatable bonds is 11. The van der Waals surface area contributed by atoms with Crippen LogP contribution < -0.4 is 21.3 Å². The fraction of sp³-hybridized carbons (Fsp3) is 0.750.